The predicted molar refractivity (Wildman–Crippen MR) is 121 cm³/mol. The van der Waals surface area contributed by atoms with E-state index >= 15 is 0 Å². The lowest BCUT2D eigenvalue weighted by molar-refractivity contribution is 0.0942. The first-order valence-electron chi connectivity index (χ1n) is 10.8. The van der Waals surface area contributed by atoms with Gasteiger partial charge in [0.1, 0.15) is 5.75 Å². The van der Waals surface area contributed by atoms with E-state index in [1.165, 1.54) is 0 Å². The summed E-state index contributed by atoms with van der Waals surface area (Å²) in [6.07, 6.45) is 7.27. The van der Waals surface area contributed by atoms with E-state index in [0.29, 0.717) is 30.4 Å². The minimum Gasteiger partial charge on any atom is -0.496 e. The maximum atomic E-state index is 12.8. The molecule has 1 amide bonds. The van der Waals surface area contributed by atoms with Gasteiger partial charge in [0, 0.05) is 41.7 Å². The van der Waals surface area contributed by atoms with E-state index in [4.69, 9.17) is 4.74 Å². The number of carbonyl (C=O) groups is 1. The van der Waals surface area contributed by atoms with Crippen LogP contribution in [0.3, 0.4) is 0 Å². The molecule has 2 aromatic heterocycles. The Balaban J connectivity index is 1.38. The number of ether oxygens (including phenoxy) is 1. The van der Waals surface area contributed by atoms with Crippen LogP contribution < -0.4 is 20.9 Å². The van der Waals surface area contributed by atoms with E-state index in [9.17, 15) is 9.59 Å². The average Bonchev–Trinajstić information content (AvgIpc) is 3.31. The molecule has 9 nitrogen and oxygen atoms in total. The fourth-order valence-electron chi connectivity index (χ4n) is 3.91. The van der Waals surface area contributed by atoms with Crippen molar-refractivity contribution in [3.63, 3.8) is 0 Å². The number of aromatic nitrogens is 4. The van der Waals surface area contributed by atoms with Gasteiger partial charge in [-0.2, -0.15) is 5.10 Å². The lowest BCUT2D eigenvalue weighted by atomic mass is 9.97. The number of methoxy groups -OCH3 is 1. The molecule has 168 valence electrons. The Bertz CT molecular complexity index is 1140. The molecule has 1 aromatic carbocycles. The number of fused-ring (bicyclic) bond motifs is 1. The quantitative estimate of drug-likeness (QED) is 0.499. The van der Waals surface area contributed by atoms with Crippen molar-refractivity contribution in [2.24, 2.45) is 0 Å². The third kappa shape index (κ3) is 4.99. The van der Waals surface area contributed by atoms with Gasteiger partial charge in [-0.1, -0.05) is 0 Å². The van der Waals surface area contributed by atoms with Crippen molar-refractivity contribution in [3.8, 4) is 5.75 Å². The third-order valence-corrected chi connectivity index (χ3v) is 5.58. The van der Waals surface area contributed by atoms with Crippen LogP contribution in [-0.2, 0) is 19.4 Å². The summed E-state index contributed by atoms with van der Waals surface area (Å²) in [5, 5.41) is 10.3. The molecule has 3 aromatic rings. The van der Waals surface area contributed by atoms with Crippen LogP contribution in [0.15, 0.2) is 41.5 Å². The number of carbonyl (C=O) groups excluding carboxylic acids is 1. The number of hydrogen-bond acceptors (Lipinski definition) is 6. The van der Waals surface area contributed by atoms with Gasteiger partial charge < -0.3 is 15.4 Å². The van der Waals surface area contributed by atoms with E-state index in [-0.39, 0.29) is 17.5 Å². The number of benzene rings is 1. The van der Waals surface area contributed by atoms with Crippen LogP contribution in [0, 0.1) is 0 Å². The third-order valence-electron chi connectivity index (χ3n) is 5.58. The van der Waals surface area contributed by atoms with Gasteiger partial charge in [0.05, 0.1) is 19.3 Å². The van der Waals surface area contributed by atoms with Crippen molar-refractivity contribution < 1.29 is 9.53 Å². The van der Waals surface area contributed by atoms with Crippen LogP contribution >= 0.6 is 0 Å². The molecule has 32 heavy (non-hydrogen) atoms. The summed E-state index contributed by atoms with van der Waals surface area (Å²) in [6, 6.07) is 7.02. The summed E-state index contributed by atoms with van der Waals surface area (Å²) < 4.78 is 7.20. The molecule has 0 spiro atoms. The maximum Gasteiger partial charge on any atom is 0.255 e. The lowest BCUT2D eigenvalue weighted by Crippen LogP contribution is -2.38. The largest absolute Gasteiger partial charge is 0.496 e. The van der Waals surface area contributed by atoms with Crippen LogP contribution in [0.5, 0.6) is 5.75 Å². The Kier molecular flexibility index (Phi) is 6.53. The number of H-pyrrole nitrogens is 1. The molecule has 2 heterocycles. The average molecular weight is 437 g/mol. The zero-order chi connectivity index (χ0) is 22.5. The number of nitrogens with zero attached hydrogens (tertiary/aromatic N) is 3. The molecule has 1 atom stereocenters. The molecular weight excluding hydrogens is 408 g/mol. The monoisotopic (exact) mass is 436 g/mol. The Morgan fingerprint density at radius 3 is 2.94 bits per heavy atom. The van der Waals surface area contributed by atoms with Crippen LogP contribution in [0.4, 0.5) is 5.95 Å². The van der Waals surface area contributed by atoms with E-state index < -0.39 is 0 Å². The molecule has 3 N–H and O–H groups in total. The molecule has 1 aliphatic rings. The zero-order valence-corrected chi connectivity index (χ0v) is 18.4. The van der Waals surface area contributed by atoms with Crippen molar-refractivity contribution in [2.75, 3.05) is 19.0 Å². The molecule has 1 aliphatic carbocycles. The lowest BCUT2D eigenvalue weighted by Gasteiger charge is -2.18. The number of hydrogen-bond donors (Lipinski definition) is 3. The van der Waals surface area contributed by atoms with Gasteiger partial charge in [0.2, 0.25) is 5.95 Å². The number of amides is 1. The molecule has 0 saturated heterocycles. The number of aryl methyl sites for hydroxylation is 1. The highest BCUT2D eigenvalue weighted by Gasteiger charge is 2.17. The highest BCUT2D eigenvalue weighted by atomic mass is 16.5. The van der Waals surface area contributed by atoms with Crippen molar-refractivity contribution in [1.82, 2.24) is 25.1 Å². The van der Waals surface area contributed by atoms with Gasteiger partial charge in [0.25, 0.3) is 11.5 Å². The van der Waals surface area contributed by atoms with E-state index in [1.807, 2.05) is 25.3 Å². The van der Waals surface area contributed by atoms with Gasteiger partial charge in [-0.05, 0) is 56.9 Å². The Morgan fingerprint density at radius 2 is 2.16 bits per heavy atom. The summed E-state index contributed by atoms with van der Waals surface area (Å²) in [5.41, 5.74) is 3.01. The van der Waals surface area contributed by atoms with E-state index in [1.54, 1.807) is 30.1 Å². The van der Waals surface area contributed by atoms with Gasteiger partial charge in [0.15, 0.2) is 0 Å². The fraction of sp³-hybridized carbons (Fsp3) is 0.391. The van der Waals surface area contributed by atoms with Crippen molar-refractivity contribution in [1.29, 1.82) is 0 Å². The first-order chi connectivity index (χ1) is 15.5. The smallest absolute Gasteiger partial charge is 0.255 e. The molecule has 0 radical (unpaired) electrons. The molecule has 0 bridgehead atoms. The summed E-state index contributed by atoms with van der Waals surface area (Å²) in [6.45, 7) is 2.84. The van der Waals surface area contributed by atoms with Crippen molar-refractivity contribution in [2.45, 2.75) is 45.2 Å². The first kappa shape index (κ1) is 21.6. The van der Waals surface area contributed by atoms with Gasteiger partial charge in [-0.3, -0.25) is 19.3 Å². The number of nitrogens with one attached hydrogen (secondary N) is 3. The highest BCUT2D eigenvalue weighted by Crippen LogP contribution is 2.21. The Hall–Kier alpha value is -3.62. The molecule has 0 unspecified atom stereocenters. The molecule has 4 rings (SSSR count). The first-order valence-corrected chi connectivity index (χ1v) is 10.8. The van der Waals surface area contributed by atoms with Crippen LogP contribution in [-0.4, -0.2) is 45.4 Å². The maximum absolute atomic E-state index is 12.8. The highest BCUT2D eigenvalue weighted by molar-refractivity contribution is 5.94. The number of aromatic amines is 1. The summed E-state index contributed by atoms with van der Waals surface area (Å²) in [7, 11) is 1.61. The van der Waals surface area contributed by atoms with Crippen molar-refractivity contribution >= 4 is 11.9 Å². The fourth-order valence-corrected chi connectivity index (χ4v) is 3.91. The minimum atomic E-state index is -0.185. The summed E-state index contributed by atoms with van der Waals surface area (Å²) in [4.78, 5) is 32.4. The summed E-state index contributed by atoms with van der Waals surface area (Å²) >= 11 is 0. The Morgan fingerprint density at radius 1 is 1.31 bits per heavy atom. The van der Waals surface area contributed by atoms with Crippen LogP contribution in [0.2, 0.25) is 0 Å². The zero-order valence-electron chi connectivity index (χ0n) is 18.4. The Labute approximate surface area is 186 Å². The molecule has 9 heteroatoms. The van der Waals surface area contributed by atoms with Crippen LogP contribution in [0.25, 0.3) is 0 Å². The standard InChI is InChI=1S/C23H28N6O3/c1-15(13-24-23-27-19-7-4-3-6-18(19)22(31)28-23)26-21(30)16-8-9-20(32-2)17(12-16)14-29-11-5-10-25-29/h5,8-12,15H,3-4,6-7,13-14H2,1-2H3,(H,26,30)(H2,24,27,28,31)/t15-/m0/s1. The second-order valence-electron chi connectivity index (χ2n) is 8.03. The van der Waals surface area contributed by atoms with E-state index in [0.717, 1.165) is 42.5 Å². The van der Waals surface area contributed by atoms with Gasteiger partial charge in [-0.25, -0.2) is 4.98 Å². The SMILES string of the molecule is COc1ccc(C(=O)N[C@@H](C)CNc2nc3c(c(=O)[nH]2)CCCC3)cc1Cn1cccn1. The molecule has 0 fully saturated rings. The second-order valence-corrected chi connectivity index (χ2v) is 8.03. The van der Waals surface area contributed by atoms with Crippen molar-refractivity contribution in [3.05, 3.63) is 69.4 Å². The van der Waals surface area contributed by atoms with Gasteiger partial charge >= 0.3 is 0 Å². The molecule has 0 saturated carbocycles. The van der Waals surface area contributed by atoms with Gasteiger partial charge in [-0.15, -0.1) is 0 Å². The molecular formula is C23H28N6O3. The second kappa shape index (κ2) is 9.67. The number of anilines is 1. The molecule has 0 aliphatic heterocycles. The van der Waals surface area contributed by atoms with Crippen LogP contribution in [0.1, 0.15) is 46.9 Å². The number of rotatable bonds is 8. The summed E-state index contributed by atoms with van der Waals surface area (Å²) in [5.74, 6) is 0.965. The predicted octanol–water partition coefficient (Wildman–Crippen LogP) is 2.13. The van der Waals surface area contributed by atoms with E-state index in [2.05, 4.69) is 25.7 Å². The normalized spacial score (nSPS) is 13.8. The minimum absolute atomic E-state index is 0.0724. The topological polar surface area (TPSA) is 114 Å².